The summed E-state index contributed by atoms with van der Waals surface area (Å²) in [5.74, 6) is 0.263. The van der Waals surface area contributed by atoms with Crippen LogP contribution < -0.4 is 20.3 Å². The Labute approximate surface area is 204 Å². The SMILES string of the molecule is COc1ccc(-c2cc(NC(=O)CCn3cnc4sc(C)c(C)c4c3=O)ccc2OC(F)F)cc1. The van der Waals surface area contributed by atoms with E-state index in [0.29, 0.717) is 32.8 Å². The fraction of sp³-hybridized carbons (Fsp3) is 0.240. The maximum atomic E-state index is 12.9. The number of fused-ring (bicyclic) bond motifs is 1. The van der Waals surface area contributed by atoms with Gasteiger partial charge in [-0.05, 0) is 55.3 Å². The van der Waals surface area contributed by atoms with E-state index < -0.39 is 6.61 Å². The third-order valence-electron chi connectivity index (χ3n) is 5.62. The monoisotopic (exact) mass is 499 g/mol. The summed E-state index contributed by atoms with van der Waals surface area (Å²) >= 11 is 1.47. The summed E-state index contributed by atoms with van der Waals surface area (Å²) in [6, 6.07) is 11.3. The maximum Gasteiger partial charge on any atom is 0.387 e. The number of thiophene rings is 1. The van der Waals surface area contributed by atoms with Crippen molar-refractivity contribution >= 4 is 33.1 Å². The third kappa shape index (κ3) is 5.32. The second-order valence-corrected chi connectivity index (χ2v) is 9.03. The van der Waals surface area contributed by atoms with Crippen LogP contribution in [0.5, 0.6) is 11.5 Å². The Morgan fingerprint density at radius 2 is 1.91 bits per heavy atom. The molecule has 0 aliphatic carbocycles. The first-order chi connectivity index (χ1) is 16.8. The highest BCUT2D eigenvalue weighted by atomic mass is 32.1. The molecule has 0 atom stereocenters. The number of carbonyl (C=O) groups excluding carboxylic acids is 1. The van der Waals surface area contributed by atoms with Crippen LogP contribution in [0.4, 0.5) is 14.5 Å². The van der Waals surface area contributed by atoms with E-state index in [-0.39, 0.29) is 30.2 Å². The molecule has 0 bridgehead atoms. The minimum absolute atomic E-state index is 0.0180. The van der Waals surface area contributed by atoms with Gasteiger partial charge in [0.2, 0.25) is 5.91 Å². The number of nitrogens with one attached hydrogen (secondary N) is 1. The van der Waals surface area contributed by atoms with Gasteiger partial charge < -0.3 is 14.8 Å². The van der Waals surface area contributed by atoms with Gasteiger partial charge in [-0.15, -0.1) is 11.3 Å². The summed E-state index contributed by atoms with van der Waals surface area (Å²) in [6.07, 6.45) is 1.48. The molecule has 4 aromatic rings. The number of aromatic nitrogens is 2. The average molecular weight is 500 g/mol. The van der Waals surface area contributed by atoms with Crippen molar-refractivity contribution in [3.8, 4) is 22.6 Å². The number of ether oxygens (including phenoxy) is 2. The van der Waals surface area contributed by atoms with Crippen LogP contribution in [-0.2, 0) is 11.3 Å². The molecule has 0 unspecified atom stereocenters. The van der Waals surface area contributed by atoms with Crippen molar-refractivity contribution < 1.29 is 23.0 Å². The summed E-state index contributed by atoms with van der Waals surface area (Å²) < 4.78 is 37.1. The molecule has 0 aliphatic rings. The maximum absolute atomic E-state index is 12.9. The van der Waals surface area contributed by atoms with Crippen molar-refractivity contribution in [1.29, 1.82) is 0 Å². The van der Waals surface area contributed by atoms with E-state index in [1.807, 2.05) is 13.8 Å². The van der Waals surface area contributed by atoms with Crippen LogP contribution in [0, 0.1) is 13.8 Å². The Kier molecular flexibility index (Phi) is 7.11. The molecule has 2 aromatic heterocycles. The highest BCUT2D eigenvalue weighted by molar-refractivity contribution is 7.18. The van der Waals surface area contributed by atoms with Crippen LogP contribution in [0.2, 0.25) is 0 Å². The fourth-order valence-electron chi connectivity index (χ4n) is 3.68. The molecule has 1 amide bonds. The molecule has 1 N–H and O–H groups in total. The van der Waals surface area contributed by atoms with E-state index >= 15 is 0 Å². The van der Waals surface area contributed by atoms with Crippen LogP contribution in [0.1, 0.15) is 16.9 Å². The van der Waals surface area contributed by atoms with Crippen LogP contribution >= 0.6 is 11.3 Å². The van der Waals surface area contributed by atoms with Crippen molar-refractivity contribution in [2.24, 2.45) is 0 Å². The summed E-state index contributed by atoms with van der Waals surface area (Å²) in [5, 5.41) is 3.34. The van der Waals surface area contributed by atoms with Gasteiger partial charge in [-0.1, -0.05) is 12.1 Å². The third-order valence-corrected chi connectivity index (χ3v) is 6.73. The van der Waals surface area contributed by atoms with Crippen LogP contribution in [0.25, 0.3) is 21.3 Å². The van der Waals surface area contributed by atoms with Crippen molar-refractivity contribution in [2.45, 2.75) is 33.4 Å². The topological polar surface area (TPSA) is 82.5 Å². The lowest BCUT2D eigenvalue weighted by Crippen LogP contribution is -2.23. The van der Waals surface area contributed by atoms with E-state index in [1.165, 1.54) is 41.5 Å². The highest BCUT2D eigenvalue weighted by Crippen LogP contribution is 2.34. The number of nitrogens with zero attached hydrogens (tertiary/aromatic N) is 2. The van der Waals surface area contributed by atoms with E-state index in [4.69, 9.17) is 4.74 Å². The lowest BCUT2D eigenvalue weighted by molar-refractivity contribution is -0.116. The number of halogens is 2. The van der Waals surface area contributed by atoms with E-state index in [1.54, 1.807) is 30.3 Å². The molecule has 0 aliphatic heterocycles. The summed E-state index contributed by atoms with van der Waals surface area (Å²) in [7, 11) is 1.53. The minimum atomic E-state index is -2.99. The number of amides is 1. The van der Waals surface area contributed by atoms with Crippen LogP contribution in [0.3, 0.4) is 0 Å². The zero-order chi connectivity index (χ0) is 25.1. The lowest BCUT2D eigenvalue weighted by atomic mass is 10.0. The number of anilines is 1. The first-order valence-corrected chi connectivity index (χ1v) is 11.6. The predicted octanol–water partition coefficient (Wildman–Crippen LogP) is 5.38. The van der Waals surface area contributed by atoms with E-state index in [2.05, 4.69) is 15.0 Å². The second-order valence-electron chi connectivity index (χ2n) is 7.82. The van der Waals surface area contributed by atoms with Crippen molar-refractivity contribution in [1.82, 2.24) is 9.55 Å². The molecule has 0 spiro atoms. The van der Waals surface area contributed by atoms with Gasteiger partial charge in [0.25, 0.3) is 5.56 Å². The Balaban J connectivity index is 1.52. The van der Waals surface area contributed by atoms with Gasteiger partial charge in [-0.25, -0.2) is 4.98 Å². The van der Waals surface area contributed by atoms with Crippen molar-refractivity contribution in [3.63, 3.8) is 0 Å². The molecule has 0 fully saturated rings. The second kappa shape index (κ2) is 10.2. The number of carbonyl (C=O) groups is 1. The molecular formula is C25H23F2N3O4S. The first-order valence-electron chi connectivity index (χ1n) is 10.7. The fourth-order valence-corrected chi connectivity index (χ4v) is 4.66. The van der Waals surface area contributed by atoms with Crippen LogP contribution in [-0.4, -0.2) is 29.2 Å². The Hall–Kier alpha value is -3.79. The summed E-state index contributed by atoms with van der Waals surface area (Å²) in [5.41, 5.74) is 2.14. The van der Waals surface area contributed by atoms with E-state index in [9.17, 15) is 18.4 Å². The first kappa shape index (κ1) is 24.3. The van der Waals surface area contributed by atoms with Gasteiger partial charge in [-0.2, -0.15) is 8.78 Å². The van der Waals surface area contributed by atoms with Gasteiger partial charge in [0.1, 0.15) is 16.3 Å². The molecule has 10 heteroatoms. The molecule has 0 saturated heterocycles. The molecule has 2 heterocycles. The summed E-state index contributed by atoms with van der Waals surface area (Å²) in [6.45, 7) is 0.986. The normalized spacial score (nSPS) is 11.1. The zero-order valence-electron chi connectivity index (χ0n) is 19.3. The predicted molar refractivity (Wildman–Crippen MR) is 132 cm³/mol. The number of alkyl halides is 2. The summed E-state index contributed by atoms with van der Waals surface area (Å²) in [4.78, 5) is 31.5. The average Bonchev–Trinajstić information content (AvgIpc) is 3.13. The molecule has 7 nitrogen and oxygen atoms in total. The zero-order valence-corrected chi connectivity index (χ0v) is 20.1. The standard InChI is InChI=1S/C25H23F2N3O4S/c1-14-15(2)35-23-22(14)24(32)30(13-28-23)11-10-21(31)29-17-6-9-20(34-25(26)27)19(12-17)16-4-7-18(33-3)8-5-16/h4-9,12-13,25H,10-11H2,1-3H3,(H,29,31). The minimum Gasteiger partial charge on any atom is -0.497 e. The quantitative estimate of drug-likeness (QED) is 0.352. The molecule has 2 aromatic carbocycles. The molecule has 182 valence electrons. The number of benzene rings is 2. The Morgan fingerprint density at radius 1 is 1.17 bits per heavy atom. The Bertz CT molecular complexity index is 1430. The van der Waals surface area contributed by atoms with Crippen molar-refractivity contribution in [2.75, 3.05) is 12.4 Å². The number of hydrogen-bond acceptors (Lipinski definition) is 6. The van der Waals surface area contributed by atoms with Gasteiger partial charge in [0, 0.05) is 29.1 Å². The van der Waals surface area contributed by atoms with Crippen LogP contribution in [0.15, 0.2) is 53.6 Å². The molecule has 0 saturated carbocycles. The molecule has 35 heavy (non-hydrogen) atoms. The van der Waals surface area contributed by atoms with Crippen molar-refractivity contribution in [3.05, 3.63) is 69.6 Å². The number of hydrogen-bond donors (Lipinski definition) is 1. The van der Waals surface area contributed by atoms with Gasteiger partial charge in [-0.3, -0.25) is 14.2 Å². The van der Waals surface area contributed by atoms with Gasteiger partial charge in [0.15, 0.2) is 0 Å². The number of rotatable bonds is 8. The Morgan fingerprint density at radius 3 is 2.60 bits per heavy atom. The lowest BCUT2D eigenvalue weighted by Gasteiger charge is -2.14. The molecule has 0 radical (unpaired) electrons. The van der Waals surface area contributed by atoms with E-state index in [0.717, 1.165) is 10.4 Å². The highest BCUT2D eigenvalue weighted by Gasteiger charge is 2.15. The largest absolute Gasteiger partial charge is 0.497 e. The number of methoxy groups -OCH3 is 1. The smallest absolute Gasteiger partial charge is 0.387 e. The van der Waals surface area contributed by atoms with Gasteiger partial charge in [0.05, 0.1) is 18.8 Å². The molecule has 4 rings (SSSR count). The number of aryl methyl sites for hydroxylation is 3. The molecular weight excluding hydrogens is 476 g/mol. The van der Waals surface area contributed by atoms with Gasteiger partial charge >= 0.3 is 6.61 Å².